The summed E-state index contributed by atoms with van der Waals surface area (Å²) in [5.74, 6) is 3.58. The largest absolute Gasteiger partial charge is 0.494 e. The van der Waals surface area contributed by atoms with E-state index >= 15 is 0 Å². The number of unbranched alkanes of at least 4 members (excludes halogenated alkanes) is 1. The molecule has 2 heterocycles. The molecule has 0 amide bonds. The number of para-hydroxylation sites is 1. The van der Waals surface area contributed by atoms with Gasteiger partial charge >= 0.3 is 0 Å². The summed E-state index contributed by atoms with van der Waals surface area (Å²) in [6, 6.07) is 5.64. The first-order chi connectivity index (χ1) is 16.0. The van der Waals surface area contributed by atoms with Gasteiger partial charge in [0.05, 0.1) is 14.2 Å². The van der Waals surface area contributed by atoms with Crippen LogP contribution in [0.5, 0.6) is 11.5 Å². The monoisotopic (exact) mass is 472 g/mol. The third-order valence-corrected chi connectivity index (χ3v) is 6.49. The highest BCUT2D eigenvalue weighted by molar-refractivity contribution is 8.01. The van der Waals surface area contributed by atoms with Crippen LogP contribution in [0.3, 0.4) is 0 Å². The molecule has 2 N–H and O–H groups in total. The van der Waals surface area contributed by atoms with Gasteiger partial charge in [0.15, 0.2) is 0 Å². The third kappa shape index (κ3) is 5.94. The number of methoxy groups -OCH3 is 2. The van der Waals surface area contributed by atoms with E-state index in [9.17, 15) is 5.11 Å². The molecule has 0 saturated carbocycles. The van der Waals surface area contributed by atoms with Crippen LogP contribution in [-0.2, 0) is 6.42 Å². The number of nitrogens with one attached hydrogen (secondary N) is 1. The van der Waals surface area contributed by atoms with Crippen molar-refractivity contribution < 1.29 is 14.6 Å². The summed E-state index contributed by atoms with van der Waals surface area (Å²) in [6.07, 6.45) is 5.82. The van der Waals surface area contributed by atoms with Gasteiger partial charge in [-0.3, -0.25) is 9.29 Å². The Hall–Kier alpha value is -2.85. The quantitative estimate of drug-likeness (QED) is 0.299. The Morgan fingerprint density at radius 1 is 1.06 bits per heavy atom. The summed E-state index contributed by atoms with van der Waals surface area (Å²) in [4.78, 5) is 8.94. The van der Waals surface area contributed by atoms with E-state index in [1.807, 2.05) is 42.1 Å². The van der Waals surface area contributed by atoms with Crippen molar-refractivity contribution in [3.63, 3.8) is 0 Å². The van der Waals surface area contributed by atoms with E-state index in [0.717, 1.165) is 29.3 Å². The molecule has 2 atom stereocenters. The first-order valence-electron chi connectivity index (χ1n) is 11.0. The minimum Gasteiger partial charge on any atom is -0.494 e. The molecule has 0 spiro atoms. The summed E-state index contributed by atoms with van der Waals surface area (Å²) in [6.45, 7) is 6.35. The minimum atomic E-state index is 0.129. The lowest BCUT2D eigenvalue weighted by molar-refractivity contribution is 0.284. The molecule has 1 aromatic carbocycles. The van der Waals surface area contributed by atoms with E-state index in [1.54, 1.807) is 14.2 Å². The lowest BCUT2D eigenvalue weighted by Gasteiger charge is -2.20. The normalized spacial score (nSPS) is 12.9. The van der Waals surface area contributed by atoms with Gasteiger partial charge in [0.2, 0.25) is 5.95 Å². The van der Waals surface area contributed by atoms with Crippen LogP contribution in [0.25, 0.3) is 5.69 Å². The van der Waals surface area contributed by atoms with Crippen LogP contribution in [0.1, 0.15) is 49.8 Å². The highest BCUT2D eigenvalue weighted by Crippen LogP contribution is 2.36. The molecule has 9 nitrogen and oxygen atoms in total. The third-order valence-electron chi connectivity index (χ3n) is 5.41. The number of aliphatic hydroxyl groups excluding tert-OH is 1. The highest BCUT2D eigenvalue weighted by atomic mass is 32.2. The van der Waals surface area contributed by atoms with E-state index in [0.29, 0.717) is 30.3 Å². The predicted molar refractivity (Wildman–Crippen MR) is 130 cm³/mol. The fraction of sp³-hybridized carbons (Fsp3) is 0.478. The van der Waals surface area contributed by atoms with Gasteiger partial charge in [0.25, 0.3) is 0 Å². The number of aromatic nitrogens is 5. The number of hydrogen-bond acceptors (Lipinski definition) is 9. The van der Waals surface area contributed by atoms with E-state index < -0.39 is 0 Å². The maximum atomic E-state index is 9.20. The molecular weight excluding hydrogens is 440 g/mol. The molecule has 10 heteroatoms. The molecule has 3 aromatic rings. The van der Waals surface area contributed by atoms with Crippen molar-refractivity contribution in [3.05, 3.63) is 47.8 Å². The van der Waals surface area contributed by atoms with Gasteiger partial charge in [0, 0.05) is 36.6 Å². The van der Waals surface area contributed by atoms with Gasteiger partial charge in [-0.1, -0.05) is 19.9 Å². The summed E-state index contributed by atoms with van der Waals surface area (Å²) in [7, 11) is 3.25. The smallest absolute Gasteiger partial charge is 0.239 e. The summed E-state index contributed by atoms with van der Waals surface area (Å²) >= 11 is 1.54. The second kappa shape index (κ2) is 11.9. The van der Waals surface area contributed by atoms with Crippen LogP contribution in [0.15, 0.2) is 30.6 Å². The second-order valence-electron chi connectivity index (χ2n) is 7.80. The number of nitrogens with zero attached hydrogens (tertiary/aromatic N) is 5. The molecule has 2 unspecified atom stereocenters. The zero-order valence-corrected chi connectivity index (χ0v) is 20.6. The summed E-state index contributed by atoms with van der Waals surface area (Å²) in [5, 5.41) is 18.2. The Balaban J connectivity index is 1.89. The van der Waals surface area contributed by atoms with Crippen LogP contribution in [0, 0.1) is 6.92 Å². The Morgan fingerprint density at radius 3 is 2.33 bits per heavy atom. The molecule has 33 heavy (non-hydrogen) atoms. The van der Waals surface area contributed by atoms with Crippen molar-refractivity contribution in [2.75, 3.05) is 25.5 Å². The molecule has 0 aliphatic carbocycles. The minimum absolute atomic E-state index is 0.129. The summed E-state index contributed by atoms with van der Waals surface area (Å²) in [5.41, 5.74) is 1.77. The number of rotatable bonds is 12. The Labute approximate surface area is 199 Å². The standard InChI is InChI=1S/C23H32N6O3S/c1-15-13-24-22(25-14-15)16(2)17(3)33-28-23-27-26-20(11-6-7-12-30)29(23)21-18(31-4)9-8-10-19(21)32-5/h8-10,13-14,16-17,30H,6-7,11-12H2,1-5H3,(H,27,28). The molecule has 0 aliphatic rings. The Bertz CT molecular complexity index is 1010. The average molecular weight is 473 g/mol. The number of benzene rings is 1. The van der Waals surface area contributed by atoms with Gasteiger partial charge in [-0.15, -0.1) is 10.2 Å². The van der Waals surface area contributed by atoms with Gasteiger partial charge in [0.1, 0.15) is 28.8 Å². The second-order valence-corrected chi connectivity index (χ2v) is 8.98. The van der Waals surface area contributed by atoms with Crippen LogP contribution >= 0.6 is 11.9 Å². The number of aliphatic hydroxyl groups is 1. The molecular formula is C23H32N6O3S. The van der Waals surface area contributed by atoms with Crippen molar-refractivity contribution in [1.29, 1.82) is 0 Å². The summed E-state index contributed by atoms with van der Waals surface area (Å²) < 4.78 is 16.6. The molecule has 178 valence electrons. The molecule has 2 aromatic heterocycles. The van der Waals surface area contributed by atoms with Crippen molar-refractivity contribution in [2.45, 2.75) is 51.2 Å². The van der Waals surface area contributed by atoms with Gasteiger partial charge in [-0.05, 0) is 49.4 Å². The van der Waals surface area contributed by atoms with Crippen LogP contribution in [-0.4, -0.2) is 55.9 Å². The van der Waals surface area contributed by atoms with Gasteiger partial charge < -0.3 is 14.6 Å². The zero-order chi connectivity index (χ0) is 23.8. The van der Waals surface area contributed by atoms with E-state index in [2.05, 4.69) is 38.7 Å². The van der Waals surface area contributed by atoms with E-state index in [4.69, 9.17) is 9.47 Å². The number of hydrogen-bond donors (Lipinski definition) is 2. The number of aryl methyl sites for hydroxylation is 2. The van der Waals surface area contributed by atoms with Crippen molar-refractivity contribution in [2.24, 2.45) is 0 Å². The van der Waals surface area contributed by atoms with E-state index in [1.165, 1.54) is 11.9 Å². The number of anilines is 1. The Morgan fingerprint density at radius 2 is 1.73 bits per heavy atom. The molecule has 0 aliphatic heterocycles. The molecule has 0 radical (unpaired) electrons. The first-order valence-corrected chi connectivity index (χ1v) is 11.8. The van der Waals surface area contributed by atoms with E-state index in [-0.39, 0.29) is 17.8 Å². The van der Waals surface area contributed by atoms with Crippen molar-refractivity contribution in [1.82, 2.24) is 24.7 Å². The molecule has 3 rings (SSSR count). The lowest BCUT2D eigenvalue weighted by atomic mass is 10.1. The van der Waals surface area contributed by atoms with Crippen LogP contribution in [0.4, 0.5) is 5.95 Å². The van der Waals surface area contributed by atoms with Crippen LogP contribution in [0.2, 0.25) is 0 Å². The van der Waals surface area contributed by atoms with Crippen molar-refractivity contribution in [3.8, 4) is 17.2 Å². The lowest BCUT2D eigenvalue weighted by Crippen LogP contribution is -2.15. The molecule has 0 bridgehead atoms. The van der Waals surface area contributed by atoms with Gasteiger partial charge in [-0.25, -0.2) is 9.97 Å². The van der Waals surface area contributed by atoms with Crippen LogP contribution < -0.4 is 14.2 Å². The highest BCUT2D eigenvalue weighted by Gasteiger charge is 2.23. The topological polar surface area (TPSA) is 107 Å². The molecule has 0 saturated heterocycles. The first kappa shape index (κ1) is 24.8. The van der Waals surface area contributed by atoms with Crippen molar-refractivity contribution >= 4 is 17.9 Å². The maximum absolute atomic E-state index is 9.20. The fourth-order valence-corrected chi connectivity index (χ4v) is 4.07. The average Bonchev–Trinajstić information content (AvgIpc) is 3.24. The Kier molecular flexibility index (Phi) is 8.90. The SMILES string of the molecule is COc1cccc(OC)c1-n1c(CCCCO)nnc1NSC(C)C(C)c1ncc(C)cn1. The van der Waals surface area contributed by atoms with Gasteiger partial charge in [-0.2, -0.15) is 0 Å². The predicted octanol–water partition coefficient (Wildman–Crippen LogP) is 3.95. The zero-order valence-electron chi connectivity index (χ0n) is 19.8. The number of ether oxygens (including phenoxy) is 2. The fourth-order valence-electron chi connectivity index (χ4n) is 3.32. The maximum Gasteiger partial charge on any atom is 0.239 e. The molecule has 0 fully saturated rings.